The Morgan fingerprint density at radius 2 is 1.86 bits per heavy atom. The molecule has 0 atom stereocenters. The second kappa shape index (κ2) is 6.62. The molecule has 2 aromatic rings. The van der Waals surface area contributed by atoms with Crippen LogP contribution in [0.25, 0.3) is 11.3 Å². The number of amides is 2. The molecule has 4 N–H and O–H groups in total. The highest BCUT2D eigenvalue weighted by molar-refractivity contribution is 5.89. The van der Waals surface area contributed by atoms with Crippen molar-refractivity contribution in [1.29, 1.82) is 0 Å². The van der Waals surface area contributed by atoms with E-state index in [9.17, 15) is 9.90 Å². The quantitative estimate of drug-likeness (QED) is 0.702. The minimum absolute atomic E-state index is 0.146. The van der Waals surface area contributed by atoms with Gasteiger partial charge in [-0.05, 0) is 49.4 Å². The van der Waals surface area contributed by atoms with E-state index in [2.05, 4.69) is 20.8 Å². The summed E-state index contributed by atoms with van der Waals surface area (Å²) in [5.74, 6) is 0. The molecule has 0 saturated heterocycles. The summed E-state index contributed by atoms with van der Waals surface area (Å²) < 4.78 is 0. The maximum absolute atomic E-state index is 12.0. The van der Waals surface area contributed by atoms with Crippen LogP contribution in [-0.4, -0.2) is 33.5 Å². The van der Waals surface area contributed by atoms with Gasteiger partial charge in [0.05, 0.1) is 11.8 Å². The van der Waals surface area contributed by atoms with Crippen LogP contribution in [0.1, 0.15) is 25.7 Å². The number of carbonyl (C=O) groups excluding carboxylic acids is 1. The van der Waals surface area contributed by atoms with Crippen molar-refractivity contribution < 1.29 is 9.90 Å². The molecule has 22 heavy (non-hydrogen) atoms. The summed E-state index contributed by atoms with van der Waals surface area (Å²) in [4.78, 5) is 12.0. The minimum Gasteiger partial charge on any atom is -0.393 e. The molecule has 0 unspecified atom stereocenters. The third-order valence-corrected chi connectivity index (χ3v) is 3.99. The van der Waals surface area contributed by atoms with Crippen molar-refractivity contribution in [2.45, 2.75) is 37.8 Å². The molecule has 0 radical (unpaired) electrons. The van der Waals surface area contributed by atoms with E-state index in [0.717, 1.165) is 42.6 Å². The van der Waals surface area contributed by atoms with Crippen molar-refractivity contribution in [2.24, 2.45) is 0 Å². The molecule has 6 heteroatoms. The second-order valence-corrected chi connectivity index (χ2v) is 5.65. The Morgan fingerprint density at radius 1 is 1.14 bits per heavy atom. The van der Waals surface area contributed by atoms with Crippen LogP contribution in [0.4, 0.5) is 10.5 Å². The molecule has 6 nitrogen and oxygen atoms in total. The fraction of sp³-hybridized carbons (Fsp3) is 0.375. The topological polar surface area (TPSA) is 90.0 Å². The molecule has 1 fully saturated rings. The Hall–Kier alpha value is -2.34. The zero-order valence-electron chi connectivity index (χ0n) is 12.2. The molecule has 0 spiro atoms. The van der Waals surface area contributed by atoms with Crippen LogP contribution in [0.3, 0.4) is 0 Å². The second-order valence-electron chi connectivity index (χ2n) is 5.65. The van der Waals surface area contributed by atoms with Crippen LogP contribution in [0.5, 0.6) is 0 Å². The molecular formula is C16H20N4O2. The molecule has 0 aliphatic heterocycles. The Balaban J connectivity index is 1.53. The van der Waals surface area contributed by atoms with Gasteiger partial charge in [-0.3, -0.25) is 5.10 Å². The summed E-state index contributed by atoms with van der Waals surface area (Å²) >= 11 is 0. The van der Waals surface area contributed by atoms with Crippen LogP contribution >= 0.6 is 0 Å². The van der Waals surface area contributed by atoms with Gasteiger partial charge >= 0.3 is 6.03 Å². The Kier molecular flexibility index (Phi) is 4.39. The van der Waals surface area contributed by atoms with E-state index in [1.807, 2.05) is 30.3 Å². The Labute approximate surface area is 128 Å². The number of nitrogens with one attached hydrogen (secondary N) is 3. The monoisotopic (exact) mass is 300 g/mol. The number of urea groups is 1. The normalized spacial score (nSPS) is 21.3. The smallest absolute Gasteiger partial charge is 0.319 e. The van der Waals surface area contributed by atoms with Gasteiger partial charge in [0.1, 0.15) is 0 Å². The number of aromatic nitrogens is 2. The third kappa shape index (κ3) is 3.65. The van der Waals surface area contributed by atoms with E-state index in [4.69, 9.17) is 0 Å². The van der Waals surface area contributed by atoms with Crippen molar-refractivity contribution in [1.82, 2.24) is 15.5 Å². The highest BCUT2D eigenvalue weighted by Crippen LogP contribution is 2.20. The van der Waals surface area contributed by atoms with E-state index < -0.39 is 0 Å². The van der Waals surface area contributed by atoms with Crippen molar-refractivity contribution in [3.8, 4) is 11.3 Å². The molecule has 1 saturated carbocycles. The lowest BCUT2D eigenvalue weighted by atomic mass is 9.93. The first-order valence-electron chi connectivity index (χ1n) is 7.56. The van der Waals surface area contributed by atoms with Crippen molar-refractivity contribution >= 4 is 11.7 Å². The Bertz CT molecular complexity index is 602. The summed E-state index contributed by atoms with van der Waals surface area (Å²) in [5, 5.41) is 22.1. The average Bonchev–Trinajstić information content (AvgIpc) is 3.05. The minimum atomic E-state index is -0.212. The van der Waals surface area contributed by atoms with Gasteiger partial charge in [-0.25, -0.2) is 4.79 Å². The molecule has 1 aliphatic rings. The van der Waals surface area contributed by atoms with Gasteiger partial charge < -0.3 is 15.7 Å². The molecule has 1 aromatic carbocycles. The summed E-state index contributed by atoms with van der Waals surface area (Å²) in [6.45, 7) is 0. The van der Waals surface area contributed by atoms with Crippen molar-refractivity contribution in [3.63, 3.8) is 0 Å². The number of hydrogen-bond acceptors (Lipinski definition) is 3. The van der Waals surface area contributed by atoms with E-state index in [0.29, 0.717) is 0 Å². The lowest BCUT2D eigenvalue weighted by Gasteiger charge is -2.26. The fourth-order valence-electron chi connectivity index (χ4n) is 2.72. The van der Waals surface area contributed by atoms with Crippen LogP contribution in [0.15, 0.2) is 36.5 Å². The average molecular weight is 300 g/mol. The first-order valence-corrected chi connectivity index (χ1v) is 7.56. The van der Waals surface area contributed by atoms with Crippen molar-refractivity contribution in [2.75, 3.05) is 5.32 Å². The maximum Gasteiger partial charge on any atom is 0.319 e. The number of benzene rings is 1. The molecule has 1 heterocycles. The van der Waals surface area contributed by atoms with Crippen LogP contribution < -0.4 is 10.6 Å². The van der Waals surface area contributed by atoms with Gasteiger partial charge in [-0.1, -0.05) is 12.1 Å². The van der Waals surface area contributed by atoms with Gasteiger partial charge in [0.15, 0.2) is 0 Å². The van der Waals surface area contributed by atoms with E-state index in [1.165, 1.54) is 0 Å². The van der Waals surface area contributed by atoms with E-state index in [-0.39, 0.29) is 18.2 Å². The number of H-pyrrole nitrogens is 1. The predicted octanol–water partition coefficient (Wildman–Crippen LogP) is 2.50. The van der Waals surface area contributed by atoms with Gasteiger partial charge in [-0.15, -0.1) is 0 Å². The largest absolute Gasteiger partial charge is 0.393 e. The van der Waals surface area contributed by atoms with Crippen LogP contribution in [-0.2, 0) is 0 Å². The summed E-state index contributed by atoms with van der Waals surface area (Å²) in [6, 6.07) is 9.43. The highest BCUT2D eigenvalue weighted by Gasteiger charge is 2.20. The van der Waals surface area contributed by atoms with E-state index >= 15 is 0 Å². The van der Waals surface area contributed by atoms with Crippen LogP contribution in [0, 0.1) is 0 Å². The molecular weight excluding hydrogens is 280 g/mol. The number of aliphatic hydroxyl groups excluding tert-OH is 1. The molecule has 116 valence electrons. The number of carbonyl (C=O) groups is 1. The van der Waals surface area contributed by atoms with Crippen LogP contribution in [0.2, 0.25) is 0 Å². The number of hydrogen-bond donors (Lipinski definition) is 4. The number of aromatic amines is 1. The molecule has 3 rings (SSSR count). The lowest BCUT2D eigenvalue weighted by Crippen LogP contribution is -2.40. The number of nitrogens with zero attached hydrogens (tertiary/aromatic N) is 1. The molecule has 0 bridgehead atoms. The van der Waals surface area contributed by atoms with Gasteiger partial charge in [0.25, 0.3) is 0 Å². The van der Waals surface area contributed by atoms with E-state index in [1.54, 1.807) is 6.20 Å². The fourth-order valence-corrected chi connectivity index (χ4v) is 2.72. The van der Waals surface area contributed by atoms with Gasteiger partial charge in [-0.2, -0.15) is 5.10 Å². The SMILES string of the molecule is O=C(Nc1ccc(-c2ccn[nH]2)cc1)NC1CCC(O)CC1. The predicted molar refractivity (Wildman–Crippen MR) is 84.4 cm³/mol. The van der Waals surface area contributed by atoms with Gasteiger partial charge in [0, 0.05) is 17.9 Å². The third-order valence-electron chi connectivity index (χ3n) is 3.99. The molecule has 2 amide bonds. The van der Waals surface area contributed by atoms with Gasteiger partial charge in [0.2, 0.25) is 0 Å². The molecule has 1 aromatic heterocycles. The zero-order chi connectivity index (χ0) is 15.4. The Morgan fingerprint density at radius 3 is 2.50 bits per heavy atom. The highest BCUT2D eigenvalue weighted by atomic mass is 16.3. The summed E-state index contributed by atoms with van der Waals surface area (Å²) in [7, 11) is 0. The summed E-state index contributed by atoms with van der Waals surface area (Å²) in [5.41, 5.74) is 2.71. The number of anilines is 1. The maximum atomic E-state index is 12.0. The number of aliphatic hydroxyl groups is 1. The first kappa shape index (κ1) is 14.6. The lowest BCUT2D eigenvalue weighted by molar-refractivity contribution is 0.118. The summed E-state index contributed by atoms with van der Waals surface area (Å²) in [6.07, 6.45) is 4.65. The zero-order valence-corrected chi connectivity index (χ0v) is 12.2. The standard InChI is InChI=1S/C16H20N4O2/c21-14-7-5-13(6-8-14)19-16(22)18-12-3-1-11(2-4-12)15-9-10-17-20-15/h1-4,9-10,13-14,21H,5-8H2,(H,17,20)(H2,18,19,22). The number of rotatable bonds is 3. The first-order chi connectivity index (χ1) is 10.7. The molecule has 1 aliphatic carbocycles. The van der Waals surface area contributed by atoms with Crippen molar-refractivity contribution in [3.05, 3.63) is 36.5 Å².